The normalized spacial score (nSPS) is 12.7. The SMILES string of the molecule is CCC(C)C(=O)NCC(=O)NCc1ccc(S(=O)(=O)N(CC)CC)cc1. The predicted molar refractivity (Wildman–Crippen MR) is 101 cm³/mol. The van der Waals surface area contributed by atoms with Crippen molar-refractivity contribution in [3.63, 3.8) is 0 Å². The lowest BCUT2D eigenvalue weighted by Gasteiger charge is -2.18. The molecule has 26 heavy (non-hydrogen) atoms. The Bertz CT molecular complexity index is 698. The Balaban J connectivity index is 2.58. The summed E-state index contributed by atoms with van der Waals surface area (Å²) in [5.74, 6) is -0.557. The molecule has 1 rings (SSSR count). The van der Waals surface area contributed by atoms with Crippen molar-refractivity contribution in [3.05, 3.63) is 29.8 Å². The second-order valence-electron chi connectivity index (χ2n) is 6.04. The molecule has 0 bridgehead atoms. The maximum atomic E-state index is 12.4. The molecule has 7 nitrogen and oxygen atoms in total. The zero-order valence-electron chi connectivity index (χ0n) is 15.9. The van der Waals surface area contributed by atoms with E-state index in [1.54, 1.807) is 45.0 Å². The minimum absolute atomic E-state index is 0.0718. The number of carbonyl (C=O) groups excluding carboxylic acids is 2. The van der Waals surface area contributed by atoms with Gasteiger partial charge in [0.15, 0.2) is 0 Å². The molecule has 1 aromatic rings. The third-order valence-corrected chi connectivity index (χ3v) is 6.30. The quantitative estimate of drug-likeness (QED) is 0.640. The Morgan fingerprint density at radius 1 is 1.04 bits per heavy atom. The molecule has 1 aromatic carbocycles. The van der Waals surface area contributed by atoms with Gasteiger partial charge in [0.05, 0.1) is 11.4 Å². The van der Waals surface area contributed by atoms with Crippen LogP contribution in [-0.2, 0) is 26.2 Å². The molecule has 0 spiro atoms. The third kappa shape index (κ3) is 6.10. The van der Waals surface area contributed by atoms with Crippen LogP contribution < -0.4 is 10.6 Å². The molecule has 0 aliphatic carbocycles. The lowest BCUT2D eigenvalue weighted by atomic mass is 10.1. The summed E-state index contributed by atoms with van der Waals surface area (Å²) in [5.41, 5.74) is 0.782. The van der Waals surface area contributed by atoms with Gasteiger partial charge in [-0.3, -0.25) is 9.59 Å². The van der Waals surface area contributed by atoms with Crippen LogP contribution in [-0.4, -0.2) is 44.2 Å². The van der Waals surface area contributed by atoms with E-state index in [0.717, 1.165) is 12.0 Å². The highest BCUT2D eigenvalue weighted by Gasteiger charge is 2.21. The van der Waals surface area contributed by atoms with E-state index in [-0.39, 0.29) is 35.7 Å². The second-order valence-corrected chi connectivity index (χ2v) is 7.98. The number of carbonyl (C=O) groups is 2. The third-order valence-electron chi connectivity index (χ3n) is 4.24. The molecule has 0 aliphatic rings. The first-order chi connectivity index (χ1) is 12.3. The molecule has 2 amide bonds. The summed E-state index contributed by atoms with van der Waals surface area (Å²) in [6.07, 6.45) is 0.718. The zero-order valence-corrected chi connectivity index (χ0v) is 16.7. The van der Waals surface area contributed by atoms with Crippen molar-refractivity contribution in [3.8, 4) is 0 Å². The molecule has 0 heterocycles. The Kier molecular flexibility index (Phi) is 8.74. The number of sulfonamides is 1. The summed E-state index contributed by atoms with van der Waals surface area (Å²) in [6.45, 7) is 8.34. The molecule has 8 heteroatoms. The molecule has 2 N–H and O–H groups in total. The van der Waals surface area contributed by atoms with Gasteiger partial charge in [-0.1, -0.05) is 39.8 Å². The van der Waals surface area contributed by atoms with Crippen LogP contribution in [0.1, 0.15) is 39.7 Å². The first kappa shape index (κ1) is 22.1. The smallest absolute Gasteiger partial charge is 0.243 e. The minimum atomic E-state index is -3.48. The Hall–Kier alpha value is -1.93. The highest BCUT2D eigenvalue weighted by atomic mass is 32.2. The monoisotopic (exact) mass is 383 g/mol. The van der Waals surface area contributed by atoms with Gasteiger partial charge < -0.3 is 10.6 Å². The van der Waals surface area contributed by atoms with E-state index in [4.69, 9.17) is 0 Å². The van der Waals surface area contributed by atoms with Crippen LogP contribution in [0, 0.1) is 5.92 Å². The fourth-order valence-electron chi connectivity index (χ4n) is 2.28. The minimum Gasteiger partial charge on any atom is -0.350 e. The van der Waals surface area contributed by atoms with E-state index >= 15 is 0 Å². The maximum absolute atomic E-state index is 12.4. The number of rotatable bonds is 10. The van der Waals surface area contributed by atoms with E-state index in [1.807, 2.05) is 6.92 Å². The Morgan fingerprint density at radius 3 is 2.12 bits per heavy atom. The summed E-state index contributed by atoms with van der Waals surface area (Å²) >= 11 is 0. The van der Waals surface area contributed by atoms with Crippen molar-refractivity contribution in [1.82, 2.24) is 14.9 Å². The number of nitrogens with zero attached hydrogens (tertiary/aromatic N) is 1. The average Bonchev–Trinajstić information content (AvgIpc) is 2.64. The summed E-state index contributed by atoms with van der Waals surface area (Å²) in [4.78, 5) is 23.7. The summed E-state index contributed by atoms with van der Waals surface area (Å²) < 4.78 is 26.2. The lowest BCUT2D eigenvalue weighted by Crippen LogP contribution is -2.38. The number of amides is 2. The molecule has 0 saturated carbocycles. The number of nitrogens with one attached hydrogen (secondary N) is 2. The van der Waals surface area contributed by atoms with E-state index in [1.165, 1.54) is 4.31 Å². The molecule has 1 unspecified atom stereocenters. The van der Waals surface area contributed by atoms with Crippen LogP contribution in [0.2, 0.25) is 0 Å². The average molecular weight is 384 g/mol. The number of hydrogen-bond acceptors (Lipinski definition) is 4. The summed E-state index contributed by atoms with van der Waals surface area (Å²) in [7, 11) is -3.48. The highest BCUT2D eigenvalue weighted by Crippen LogP contribution is 2.16. The van der Waals surface area contributed by atoms with Crippen LogP contribution in [0.25, 0.3) is 0 Å². The van der Waals surface area contributed by atoms with Crippen LogP contribution in [0.4, 0.5) is 0 Å². The molecule has 146 valence electrons. The van der Waals surface area contributed by atoms with Gasteiger partial charge in [0.2, 0.25) is 21.8 Å². The molecule has 0 radical (unpaired) electrons. The largest absolute Gasteiger partial charge is 0.350 e. The summed E-state index contributed by atoms with van der Waals surface area (Å²) in [5, 5.41) is 5.29. The standard InChI is InChI=1S/C18H29N3O4S/c1-5-14(4)18(23)20-13-17(22)19-12-15-8-10-16(11-9-15)26(24,25)21(6-2)7-3/h8-11,14H,5-7,12-13H2,1-4H3,(H,19,22)(H,20,23). The maximum Gasteiger partial charge on any atom is 0.243 e. The molecule has 0 aromatic heterocycles. The van der Waals surface area contributed by atoms with E-state index in [9.17, 15) is 18.0 Å². The van der Waals surface area contributed by atoms with Crippen molar-refractivity contribution >= 4 is 21.8 Å². The molecular formula is C18H29N3O4S. The van der Waals surface area contributed by atoms with Crippen molar-refractivity contribution in [2.24, 2.45) is 5.92 Å². The first-order valence-corrected chi connectivity index (χ1v) is 10.3. The van der Waals surface area contributed by atoms with E-state index in [2.05, 4.69) is 10.6 Å². The van der Waals surface area contributed by atoms with Crippen LogP contribution in [0.5, 0.6) is 0 Å². The Morgan fingerprint density at radius 2 is 1.62 bits per heavy atom. The van der Waals surface area contributed by atoms with E-state index in [0.29, 0.717) is 13.1 Å². The van der Waals surface area contributed by atoms with Gasteiger partial charge in [-0.05, 0) is 24.1 Å². The molecule has 0 saturated heterocycles. The van der Waals surface area contributed by atoms with Crippen LogP contribution >= 0.6 is 0 Å². The van der Waals surface area contributed by atoms with Gasteiger partial charge in [-0.2, -0.15) is 4.31 Å². The fourth-order valence-corrected chi connectivity index (χ4v) is 3.74. The van der Waals surface area contributed by atoms with E-state index < -0.39 is 10.0 Å². The number of benzene rings is 1. The number of hydrogen-bond donors (Lipinski definition) is 2. The molecule has 0 fully saturated rings. The lowest BCUT2D eigenvalue weighted by molar-refractivity contribution is -0.128. The van der Waals surface area contributed by atoms with Crippen molar-refractivity contribution in [1.29, 1.82) is 0 Å². The molecular weight excluding hydrogens is 354 g/mol. The van der Waals surface area contributed by atoms with Gasteiger partial charge in [-0.25, -0.2) is 8.42 Å². The molecule has 0 aliphatic heterocycles. The van der Waals surface area contributed by atoms with Gasteiger partial charge >= 0.3 is 0 Å². The highest BCUT2D eigenvalue weighted by molar-refractivity contribution is 7.89. The Labute approximate surface area is 156 Å². The van der Waals surface area contributed by atoms with Crippen molar-refractivity contribution < 1.29 is 18.0 Å². The zero-order chi connectivity index (χ0) is 19.7. The van der Waals surface area contributed by atoms with Gasteiger partial charge in [0.25, 0.3) is 0 Å². The summed E-state index contributed by atoms with van der Waals surface area (Å²) in [6, 6.07) is 6.43. The second kappa shape index (κ2) is 10.3. The predicted octanol–water partition coefficient (Wildman–Crippen LogP) is 1.50. The van der Waals surface area contributed by atoms with Gasteiger partial charge in [0, 0.05) is 25.6 Å². The fraction of sp³-hybridized carbons (Fsp3) is 0.556. The van der Waals surface area contributed by atoms with Crippen molar-refractivity contribution in [2.75, 3.05) is 19.6 Å². The van der Waals surface area contributed by atoms with Crippen molar-refractivity contribution in [2.45, 2.75) is 45.6 Å². The van der Waals surface area contributed by atoms with Gasteiger partial charge in [0.1, 0.15) is 0 Å². The van der Waals surface area contributed by atoms with Crippen LogP contribution in [0.3, 0.4) is 0 Å². The van der Waals surface area contributed by atoms with Crippen LogP contribution in [0.15, 0.2) is 29.2 Å². The molecule has 1 atom stereocenters. The first-order valence-electron chi connectivity index (χ1n) is 8.89. The topological polar surface area (TPSA) is 95.6 Å². The van der Waals surface area contributed by atoms with Gasteiger partial charge in [-0.15, -0.1) is 0 Å².